The standard InChI is InChI=1S/C31H46O6/c1-18(2)19(3)9-10-20(25(34)35)24-21(32)17-29(8)28(24,7)13-11-22-27(6)14-12-23(33)26(4,5)31(27)16-15-30(22,29)36-37-31/h11,15-16,18,20-21,23-24,32-33H,3,9-10,12-14,17H2,1-2,4-8H3,(H,34,35)/t20-,21?,23?,24+,27-,28-,29-,30?,31?/m1/s1. The lowest BCUT2D eigenvalue weighted by molar-refractivity contribution is -0.483. The van der Waals surface area contributed by atoms with Crippen LogP contribution in [0.2, 0.25) is 0 Å². The normalized spacial score (nSPS) is 48.2. The van der Waals surface area contributed by atoms with E-state index < -0.39 is 57.5 Å². The Morgan fingerprint density at radius 3 is 2.38 bits per heavy atom. The number of carbonyl (C=O) groups is 1. The van der Waals surface area contributed by atoms with Crippen LogP contribution < -0.4 is 0 Å². The number of hydrogen-bond donors (Lipinski definition) is 3. The Hall–Kier alpha value is -1.47. The third-order valence-electron chi connectivity index (χ3n) is 12.3. The van der Waals surface area contributed by atoms with Gasteiger partial charge in [-0.25, -0.2) is 9.78 Å². The van der Waals surface area contributed by atoms with Crippen LogP contribution >= 0.6 is 0 Å². The van der Waals surface area contributed by atoms with Crippen molar-refractivity contribution < 1.29 is 29.9 Å². The van der Waals surface area contributed by atoms with E-state index >= 15 is 0 Å². The topological polar surface area (TPSA) is 96.2 Å². The van der Waals surface area contributed by atoms with Crippen molar-refractivity contribution in [1.29, 1.82) is 0 Å². The molecule has 9 atom stereocenters. The molecule has 2 bridgehead atoms. The van der Waals surface area contributed by atoms with Crippen molar-refractivity contribution in [2.24, 2.45) is 39.4 Å². The first-order valence-corrected chi connectivity index (χ1v) is 14.1. The first-order chi connectivity index (χ1) is 17.0. The molecule has 6 nitrogen and oxygen atoms in total. The summed E-state index contributed by atoms with van der Waals surface area (Å²) in [5.74, 6) is -1.67. The summed E-state index contributed by atoms with van der Waals surface area (Å²) in [4.78, 5) is 25.6. The smallest absolute Gasteiger partial charge is 0.306 e. The van der Waals surface area contributed by atoms with Crippen LogP contribution in [0.3, 0.4) is 0 Å². The third-order valence-corrected chi connectivity index (χ3v) is 12.3. The monoisotopic (exact) mass is 514 g/mol. The van der Waals surface area contributed by atoms with E-state index in [0.717, 1.165) is 12.0 Å². The highest BCUT2D eigenvalue weighted by molar-refractivity contribution is 5.71. The summed E-state index contributed by atoms with van der Waals surface area (Å²) < 4.78 is 0. The average Bonchev–Trinajstić information content (AvgIpc) is 3.03. The molecule has 206 valence electrons. The zero-order valence-electron chi connectivity index (χ0n) is 23.6. The largest absolute Gasteiger partial charge is 0.481 e. The minimum Gasteiger partial charge on any atom is -0.481 e. The zero-order chi connectivity index (χ0) is 27.4. The van der Waals surface area contributed by atoms with Crippen LogP contribution in [0, 0.1) is 39.4 Å². The Kier molecular flexibility index (Phi) is 5.88. The Labute approximate surface area is 221 Å². The van der Waals surface area contributed by atoms with Gasteiger partial charge in [0.15, 0.2) is 0 Å². The fourth-order valence-corrected chi connectivity index (χ4v) is 9.40. The number of aliphatic hydroxyl groups is 2. The van der Waals surface area contributed by atoms with Gasteiger partial charge in [-0.2, -0.15) is 0 Å². The Bertz CT molecular complexity index is 1070. The van der Waals surface area contributed by atoms with Crippen LogP contribution in [-0.2, 0) is 14.6 Å². The molecule has 2 heterocycles. The van der Waals surface area contributed by atoms with Crippen molar-refractivity contribution in [1.82, 2.24) is 0 Å². The minimum atomic E-state index is -0.894. The number of carboxylic acids is 1. The van der Waals surface area contributed by atoms with Gasteiger partial charge in [0, 0.05) is 22.2 Å². The number of carboxylic acid groups (broad SMARTS) is 1. The summed E-state index contributed by atoms with van der Waals surface area (Å²) in [6.07, 6.45) is 8.87. The second-order valence-electron chi connectivity index (χ2n) is 14.2. The molecule has 4 aliphatic carbocycles. The molecule has 3 N–H and O–H groups in total. The maximum atomic E-state index is 12.7. The van der Waals surface area contributed by atoms with Crippen molar-refractivity contribution >= 4 is 5.97 Å². The Morgan fingerprint density at radius 2 is 1.81 bits per heavy atom. The number of allylic oxidation sites excluding steroid dienone is 2. The van der Waals surface area contributed by atoms with Crippen LogP contribution in [0.5, 0.6) is 0 Å². The molecule has 0 aromatic heterocycles. The van der Waals surface area contributed by atoms with E-state index in [1.165, 1.54) is 5.57 Å². The second-order valence-corrected chi connectivity index (χ2v) is 14.2. The molecule has 6 rings (SSSR count). The zero-order valence-corrected chi connectivity index (χ0v) is 23.6. The molecule has 37 heavy (non-hydrogen) atoms. The predicted octanol–water partition coefficient (Wildman–Crippen LogP) is 5.60. The van der Waals surface area contributed by atoms with E-state index in [1.54, 1.807) is 0 Å². The Morgan fingerprint density at radius 1 is 1.14 bits per heavy atom. The first kappa shape index (κ1) is 27.1. The van der Waals surface area contributed by atoms with E-state index in [4.69, 9.17) is 9.78 Å². The van der Waals surface area contributed by atoms with Crippen molar-refractivity contribution in [3.63, 3.8) is 0 Å². The Balaban J connectivity index is 1.60. The van der Waals surface area contributed by atoms with Gasteiger partial charge >= 0.3 is 5.97 Å². The average molecular weight is 515 g/mol. The first-order valence-electron chi connectivity index (χ1n) is 14.1. The van der Waals surface area contributed by atoms with Crippen LogP contribution in [0.25, 0.3) is 0 Å². The van der Waals surface area contributed by atoms with Crippen molar-refractivity contribution in [2.75, 3.05) is 0 Å². The number of aliphatic hydroxyl groups excluding tert-OH is 2. The van der Waals surface area contributed by atoms with Gasteiger partial charge < -0.3 is 15.3 Å². The van der Waals surface area contributed by atoms with E-state index in [0.29, 0.717) is 38.0 Å². The van der Waals surface area contributed by atoms with E-state index in [-0.39, 0.29) is 5.41 Å². The van der Waals surface area contributed by atoms with Crippen LogP contribution in [-0.4, -0.2) is 44.7 Å². The molecule has 6 aliphatic rings. The summed E-state index contributed by atoms with van der Waals surface area (Å²) in [5, 5.41) is 33.0. The lowest BCUT2D eigenvalue weighted by Crippen LogP contribution is -2.76. The van der Waals surface area contributed by atoms with Gasteiger partial charge in [0.05, 0.1) is 18.1 Å². The van der Waals surface area contributed by atoms with Crippen molar-refractivity contribution in [2.45, 2.75) is 110 Å². The van der Waals surface area contributed by atoms with Gasteiger partial charge in [0.1, 0.15) is 11.2 Å². The fourth-order valence-electron chi connectivity index (χ4n) is 9.40. The van der Waals surface area contributed by atoms with E-state index in [9.17, 15) is 20.1 Å². The van der Waals surface area contributed by atoms with Gasteiger partial charge in [-0.15, -0.1) is 0 Å². The fraction of sp³-hybridized carbons (Fsp3) is 0.774. The van der Waals surface area contributed by atoms with Crippen LogP contribution in [0.4, 0.5) is 0 Å². The highest BCUT2D eigenvalue weighted by Gasteiger charge is 2.80. The maximum absolute atomic E-state index is 12.7. The lowest BCUT2D eigenvalue weighted by atomic mass is 9.39. The van der Waals surface area contributed by atoms with E-state index in [2.05, 4.69) is 59.4 Å². The molecule has 2 aliphatic heterocycles. The molecule has 4 unspecified atom stereocenters. The number of fused-ring (bicyclic) bond motifs is 2. The van der Waals surface area contributed by atoms with Gasteiger partial charge in [-0.3, -0.25) is 4.79 Å². The van der Waals surface area contributed by atoms with Crippen LogP contribution in [0.15, 0.2) is 36.0 Å². The third kappa shape index (κ3) is 2.99. The molecular formula is C31H46O6. The van der Waals surface area contributed by atoms with Gasteiger partial charge in [-0.1, -0.05) is 66.7 Å². The molecule has 6 heteroatoms. The molecule has 0 radical (unpaired) electrons. The van der Waals surface area contributed by atoms with Gasteiger partial charge in [0.2, 0.25) is 0 Å². The lowest BCUT2D eigenvalue weighted by Gasteiger charge is -2.72. The summed E-state index contributed by atoms with van der Waals surface area (Å²) >= 11 is 0. The summed E-state index contributed by atoms with van der Waals surface area (Å²) in [6.45, 7) is 19.0. The van der Waals surface area contributed by atoms with Crippen molar-refractivity contribution in [3.8, 4) is 0 Å². The van der Waals surface area contributed by atoms with Crippen molar-refractivity contribution in [3.05, 3.63) is 36.0 Å². The maximum Gasteiger partial charge on any atom is 0.306 e. The summed E-state index contributed by atoms with van der Waals surface area (Å²) in [6, 6.07) is 0. The molecule has 1 saturated heterocycles. The highest BCUT2D eigenvalue weighted by Crippen LogP contribution is 2.77. The second kappa shape index (κ2) is 8.03. The molecule has 0 aromatic carbocycles. The SMILES string of the molecule is C=C(CC[C@@H](C(=O)O)[C@H]1C(O)C[C@@]2(C)C34C=CC5(OO3)C(C)(C)C(O)CC[C@]5(C)C4=CC[C@]12C)C(C)C. The number of rotatable bonds is 6. The minimum absolute atomic E-state index is 0.294. The van der Waals surface area contributed by atoms with E-state index in [1.807, 2.05) is 13.8 Å². The molecule has 3 fully saturated rings. The molecule has 0 amide bonds. The molecule has 0 aromatic rings. The summed E-state index contributed by atoms with van der Waals surface area (Å²) in [5.41, 5.74) is -1.52. The predicted molar refractivity (Wildman–Crippen MR) is 141 cm³/mol. The summed E-state index contributed by atoms with van der Waals surface area (Å²) in [7, 11) is 0. The number of aliphatic carboxylic acids is 1. The quantitative estimate of drug-likeness (QED) is 0.315. The molecule has 2 spiro atoms. The number of hydrogen-bond acceptors (Lipinski definition) is 5. The van der Waals surface area contributed by atoms with Gasteiger partial charge in [-0.05, 0) is 67.6 Å². The van der Waals surface area contributed by atoms with Gasteiger partial charge in [0.25, 0.3) is 0 Å². The molecule has 2 saturated carbocycles. The molecular weight excluding hydrogens is 468 g/mol. The highest BCUT2D eigenvalue weighted by atomic mass is 17.2. The van der Waals surface area contributed by atoms with Crippen LogP contribution in [0.1, 0.15) is 87.0 Å².